The summed E-state index contributed by atoms with van der Waals surface area (Å²) in [5.74, 6) is 2.39. The minimum Gasteiger partial charge on any atom is -0.354 e. The first-order valence-electron chi connectivity index (χ1n) is 11.2. The van der Waals surface area contributed by atoms with Crippen LogP contribution >= 0.6 is 0 Å². The van der Waals surface area contributed by atoms with Gasteiger partial charge in [-0.2, -0.15) is 4.31 Å². The van der Waals surface area contributed by atoms with Gasteiger partial charge < -0.3 is 5.32 Å². The Hall–Kier alpha value is -1.40. The molecule has 6 heteroatoms. The minimum absolute atomic E-state index is 0.140. The zero-order chi connectivity index (χ0) is 20.2. The lowest BCUT2D eigenvalue weighted by Gasteiger charge is -2.55. The summed E-state index contributed by atoms with van der Waals surface area (Å²) >= 11 is 0. The number of nitrogens with one attached hydrogen (secondary N) is 1. The van der Waals surface area contributed by atoms with Gasteiger partial charge >= 0.3 is 0 Å². The average molecular weight is 417 g/mol. The van der Waals surface area contributed by atoms with Crippen molar-refractivity contribution in [1.82, 2.24) is 9.62 Å². The highest BCUT2D eigenvalue weighted by molar-refractivity contribution is 7.89. The standard InChI is InChI=1S/C23H32N2O3S/c1-16-4-2-6-21(8-16)29(27,28)25-7-3-5-20(25)15-24-22(26)23-12-17-9-18(13-23)11-19(10-17)14-23/h2,4,6,8,17-20H,3,5,7,9-15H2,1H3,(H,24,26). The SMILES string of the molecule is Cc1cccc(S(=O)(=O)N2CCCC2CNC(=O)C23CC4CC(CC(C4)C2)C3)c1. The molecule has 1 aliphatic heterocycles. The van der Waals surface area contributed by atoms with Crippen molar-refractivity contribution in [3.63, 3.8) is 0 Å². The molecule has 4 aliphatic carbocycles. The van der Waals surface area contributed by atoms with Crippen molar-refractivity contribution in [1.29, 1.82) is 0 Å². The van der Waals surface area contributed by atoms with Gasteiger partial charge in [0.2, 0.25) is 15.9 Å². The average Bonchev–Trinajstić information content (AvgIpc) is 3.14. The lowest BCUT2D eigenvalue weighted by Crippen LogP contribution is -2.55. The van der Waals surface area contributed by atoms with E-state index in [1.165, 1.54) is 19.3 Å². The molecule has 1 aromatic carbocycles. The first-order valence-corrected chi connectivity index (χ1v) is 12.7. The molecular formula is C23H32N2O3S. The number of nitrogens with zero attached hydrogens (tertiary/aromatic N) is 1. The van der Waals surface area contributed by atoms with Crippen molar-refractivity contribution in [3.8, 4) is 0 Å². The highest BCUT2D eigenvalue weighted by Crippen LogP contribution is 2.60. The van der Waals surface area contributed by atoms with E-state index in [9.17, 15) is 13.2 Å². The number of amides is 1. The molecule has 5 nitrogen and oxygen atoms in total. The zero-order valence-electron chi connectivity index (χ0n) is 17.3. The van der Waals surface area contributed by atoms with Gasteiger partial charge in [0, 0.05) is 24.5 Å². The molecule has 1 saturated heterocycles. The van der Waals surface area contributed by atoms with Crippen LogP contribution in [-0.4, -0.2) is 37.8 Å². The Morgan fingerprint density at radius 2 is 1.79 bits per heavy atom. The maximum absolute atomic E-state index is 13.2. The quantitative estimate of drug-likeness (QED) is 0.799. The van der Waals surface area contributed by atoms with Gasteiger partial charge in [-0.15, -0.1) is 0 Å². The van der Waals surface area contributed by atoms with Crippen molar-refractivity contribution in [2.75, 3.05) is 13.1 Å². The molecule has 4 saturated carbocycles. The van der Waals surface area contributed by atoms with Crippen LogP contribution in [0.5, 0.6) is 0 Å². The van der Waals surface area contributed by atoms with Crippen LogP contribution in [0, 0.1) is 30.1 Å². The van der Waals surface area contributed by atoms with E-state index in [0.717, 1.165) is 55.4 Å². The normalized spacial score (nSPS) is 36.4. The Bertz CT molecular complexity index is 875. The van der Waals surface area contributed by atoms with Crippen LogP contribution in [0.1, 0.15) is 56.9 Å². The van der Waals surface area contributed by atoms with Crippen molar-refractivity contribution in [3.05, 3.63) is 29.8 Å². The van der Waals surface area contributed by atoms with Crippen LogP contribution in [0.15, 0.2) is 29.2 Å². The molecule has 5 aliphatic rings. The third-order valence-electron chi connectivity index (χ3n) is 7.94. The molecule has 1 unspecified atom stereocenters. The lowest BCUT2D eigenvalue weighted by atomic mass is 9.49. The number of rotatable bonds is 5. The van der Waals surface area contributed by atoms with E-state index in [-0.39, 0.29) is 17.4 Å². The highest BCUT2D eigenvalue weighted by Gasteiger charge is 2.54. The number of hydrogen-bond donors (Lipinski definition) is 1. The van der Waals surface area contributed by atoms with Crippen LogP contribution in [0.3, 0.4) is 0 Å². The fourth-order valence-corrected chi connectivity index (χ4v) is 8.83. The van der Waals surface area contributed by atoms with E-state index in [1.54, 1.807) is 22.5 Å². The van der Waals surface area contributed by atoms with Gasteiger partial charge in [0.15, 0.2) is 0 Å². The van der Waals surface area contributed by atoms with E-state index >= 15 is 0 Å². The van der Waals surface area contributed by atoms with Crippen LogP contribution in [-0.2, 0) is 14.8 Å². The fraction of sp³-hybridized carbons (Fsp3) is 0.696. The molecule has 1 heterocycles. The molecule has 1 atom stereocenters. The summed E-state index contributed by atoms with van der Waals surface area (Å²) in [6, 6.07) is 6.97. The number of hydrogen-bond acceptors (Lipinski definition) is 3. The summed E-state index contributed by atoms with van der Waals surface area (Å²) in [6.07, 6.45) is 8.74. The van der Waals surface area contributed by atoms with Gasteiger partial charge in [-0.3, -0.25) is 4.79 Å². The van der Waals surface area contributed by atoms with Gasteiger partial charge in [0.25, 0.3) is 0 Å². The molecule has 0 aromatic heterocycles. The summed E-state index contributed by atoms with van der Waals surface area (Å²) in [4.78, 5) is 13.6. The molecule has 0 spiro atoms. The second kappa shape index (κ2) is 7.09. The van der Waals surface area contributed by atoms with Gasteiger partial charge in [0.1, 0.15) is 0 Å². The van der Waals surface area contributed by atoms with Gasteiger partial charge in [0.05, 0.1) is 4.90 Å². The Morgan fingerprint density at radius 3 is 2.41 bits per heavy atom. The van der Waals surface area contributed by atoms with Crippen molar-refractivity contribution in [2.45, 2.75) is 69.2 Å². The van der Waals surface area contributed by atoms with Gasteiger partial charge in [-0.25, -0.2) is 8.42 Å². The number of benzene rings is 1. The Kier molecular flexibility index (Phi) is 4.78. The van der Waals surface area contributed by atoms with Crippen LogP contribution < -0.4 is 5.32 Å². The van der Waals surface area contributed by atoms with Crippen LogP contribution in [0.2, 0.25) is 0 Å². The number of sulfonamides is 1. The molecule has 1 aromatic rings. The second-order valence-electron chi connectivity index (χ2n) is 10.1. The maximum atomic E-state index is 13.2. The highest BCUT2D eigenvalue weighted by atomic mass is 32.2. The molecule has 0 radical (unpaired) electrons. The molecule has 6 rings (SSSR count). The van der Waals surface area contributed by atoms with Gasteiger partial charge in [-0.05, 0) is 93.7 Å². The Labute approximate surface area is 174 Å². The largest absolute Gasteiger partial charge is 0.354 e. The number of carbonyl (C=O) groups excluding carboxylic acids is 1. The van der Waals surface area contributed by atoms with E-state index in [2.05, 4.69) is 5.32 Å². The van der Waals surface area contributed by atoms with E-state index < -0.39 is 10.0 Å². The monoisotopic (exact) mass is 416 g/mol. The smallest absolute Gasteiger partial charge is 0.243 e. The summed E-state index contributed by atoms with van der Waals surface area (Å²) in [5, 5.41) is 3.20. The first-order chi connectivity index (χ1) is 13.9. The summed E-state index contributed by atoms with van der Waals surface area (Å²) < 4.78 is 28.0. The Balaban J connectivity index is 1.28. The molecule has 29 heavy (non-hydrogen) atoms. The topological polar surface area (TPSA) is 66.5 Å². The number of aryl methyl sites for hydroxylation is 1. The molecule has 4 bridgehead atoms. The van der Waals surface area contributed by atoms with E-state index in [1.807, 2.05) is 13.0 Å². The van der Waals surface area contributed by atoms with Crippen LogP contribution in [0.25, 0.3) is 0 Å². The predicted octanol–water partition coefficient (Wildman–Crippen LogP) is 3.48. The molecule has 1 N–H and O–H groups in total. The first kappa shape index (κ1) is 19.6. The zero-order valence-corrected chi connectivity index (χ0v) is 18.1. The lowest BCUT2D eigenvalue weighted by molar-refractivity contribution is -0.146. The number of carbonyl (C=O) groups is 1. The predicted molar refractivity (Wildman–Crippen MR) is 112 cm³/mol. The Morgan fingerprint density at radius 1 is 1.14 bits per heavy atom. The summed E-state index contributed by atoms with van der Waals surface area (Å²) in [5.41, 5.74) is 0.769. The van der Waals surface area contributed by atoms with Crippen molar-refractivity contribution >= 4 is 15.9 Å². The van der Waals surface area contributed by atoms with Crippen molar-refractivity contribution in [2.24, 2.45) is 23.2 Å². The third kappa shape index (κ3) is 3.42. The van der Waals surface area contributed by atoms with Gasteiger partial charge in [-0.1, -0.05) is 12.1 Å². The molecule has 1 amide bonds. The van der Waals surface area contributed by atoms with E-state index in [4.69, 9.17) is 0 Å². The second-order valence-corrected chi connectivity index (χ2v) is 12.0. The molecule has 5 fully saturated rings. The fourth-order valence-electron chi connectivity index (χ4n) is 7.03. The summed E-state index contributed by atoms with van der Waals surface area (Å²) in [7, 11) is -3.52. The molecule has 158 valence electrons. The minimum atomic E-state index is -3.52. The third-order valence-corrected chi connectivity index (χ3v) is 9.89. The summed E-state index contributed by atoms with van der Waals surface area (Å²) in [6.45, 7) is 2.88. The van der Waals surface area contributed by atoms with Crippen molar-refractivity contribution < 1.29 is 13.2 Å². The van der Waals surface area contributed by atoms with E-state index in [0.29, 0.717) is 18.0 Å². The molecular weight excluding hydrogens is 384 g/mol. The maximum Gasteiger partial charge on any atom is 0.243 e. The van der Waals surface area contributed by atoms with Crippen LogP contribution in [0.4, 0.5) is 0 Å².